The van der Waals surface area contributed by atoms with Crippen LogP contribution >= 0.6 is 0 Å². The summed E-state index contributed by atoms with van der Waals surface area (Å²) in [4.78, 5) is 41.0. The van der Waals surface area contributed by atoms with Crippen LogP contribution in [-0.4, -0.2) is 60.7 Å². The molecule has 0 aliphatic heterocycles. The van der Waals surface area contributed by atoms with Crippen LogP contribution in [0.2, 0.25) is 0 Å². The normalized spacial score (nSPS) is 12.9. The second kappa shape index (κ2) is 18.5. The molecule has 8 nitrogen and oxygen atoms in total. The van der Waals surface area contributed by atoms with Crippen LogP contribution in [-0.2, 0) is 30.4 Å². The van der Waals surface area contributed by atoms with Crippen molar-refractivity contribution in [1.82, 2.24) is 10.2 Å². The number of aliphatic hydroxyl groups excluding tert-OH is 1. The molecule has 0 fully saturated rings. The molecular formula is C32H42N2O6. The molecule has 2 amide bonds. The molecule has 0 radical (unpaired) electrons. The van der Waals surface area contributed by atoms with Crippen LogP contribution in [0, 0.1) is 5.92 Å². The molecule has 0 saturated heterocycles. The number of carbonyl (C=O) groups excluding carboxylic acids is 3. The molecule has 0 bridgehead atoms. The van der Waals surface area contributed by atoms with E-state index in [4.69, 9.17) is 9.47 Å². The summed E-state index contributed by atoms with van der Waals surface area (Å²) in [6.45, 7) is 7.83. The Kier molecular flexibility index (Phi) is 15.0. The van der Waals surface area contributed by atoms with E-state index < -0.39 is 18.1 Å². The van der Waals surface area contributed by atoms with Gasteiger partial charge in [-0.25, -0.2) is 0 Å². The Morgan fingerprint density at radius 1 is 1.02 bits per heavy atom. The highest BCUT2D eigenvalue weighted by Crippen LogP contribution is 2.24. The Bertz CT molecular complexity index is 1060. The molecule has 40 heavy (non-hydrogen) atoms. The maximum atomic E-state index is 13.5. The smallest absolute Gasteiger partial charge is 0.306 e. The number of nitrogens with one attached hydrogen (secondary N) is 1. The lowest BCUT2D eigenvalue weighted by Gasteiger charge is -2.30. The van der Waals surface area contributed by atoms with Crippen molar-refractivity contribution in [2.45, 2.75) is 50.8 Å². The SMILES string of the molecule is C=CCCCC(=O)O[C@@H](c1ccccc1)[C@H](COC)NC(=O)[C@H](CC=C)CC(=O)N(CCO)Cc1ccccc1. The van der Waals surface area contributed by atoms with Gasteiger partial charge in [-0.2, -0.15) is 0 Å². The summed E-state index contributed by atoms with van der Waals surface area (Å²) in [5.41, 5.74) is 1.64. The summed E-state index contributed by atoms with van der Waals surface area (Å²) in [6, 6.07) is 18.0. The van der Waals surface area contributed by atoms with Gasteiger partial charge in [-0.05, 0) is 30.4 Å². The molecule has 0 saturated carbocycles. The lowest BCUT2D eigenvalue weighted by atomic mass is 9.97. The maximum absolute atomic E-state index is 13.5. The van der Waals surface area contributed by atoms with Crippen LogP contribution < -0.4 is 5.32 Å². The fraction of sp³-hybridized carbons (Fsp3) is 0.406. The van der Waals surface area contributed by atoms with E-state index in [0.29, 0.717) is 19.4 Å². The van der Waals surface area contributed by atoms with Gasteiger partial charge >= 0.3 is 5.97 Å². The van der Waals surface area contributed by atoms with Gasteiger partial charge in [-0.15, -0.1) is 13.2 Å². The van der Waals surface area contributed by atoms with E-state index in [1.807, 2.05) is 60.7 Å². The maximum Gasteiger partial charge on any atom is 0.306 e. The highest BCUT2D eigenvalue weighted by molar-refractivity contribution is 5.86. The predicted molar refractivity (Wildman–Crippen MR) is 155 cm³/mol. The molecule has 0 aromatic heterocycles. The standard InChI is InChI=1S/C32H42N2O6/c1-4-6-9-19-30(37)40-31(26-17-12-8-13-18-26)28(24-39-3)33-32(38)27(14-5-2)22-29(36)34(20-21-35)23-25-15-10-7-11-16-25/h4-5,7-8,10-13,15-18,27-28,31,35H,1-2,6,9,14,19-24H2,3H3,(H,33,38)/t27-,28+,31+/m1/s1. The predicted octanol–water partition coefficient (Wildman–Crippen LogP) is 4.36. The molecule has 0 aliphatic rings. The highest BCUT2D eigenvalue weighted by atomic mass is 16.5. The molecule has 8 heteroatoms. The summed E-state index contributed by atoms with van der Waals surface area (Å²) >= 11 is 0. The lowest BCUT2D eigenvalue weighted by Crippen LogP contribution is -2.47. The number of esters is 1. The number of hydrogen-bond acceptors (Lipinski definition) is 6. The van der Waals surface area contributed by atoms with Crippen LogP contribution in [0.25, 0.3) is 0 Å². The lowest BCUT2D eigenvalue weighted by molar-refractivity contribution is -0.153. The monoisotopic (exact) mass is 550 g/mol. The Balaban J connectivity index is 2.21. The van der Waals surface area contributed by atoms with E-state index in [0.717, 1.165) is 11.1 Å². The summed E-state index contributed by atoms with van der Waals surface area (Å²) in [6.07, 6.45) is 4.29. The number of rotatable bonds is 19. The second-order valence-corrected chi connectivity index (χ2v) is 9.52. The van der Waals surface area contributed by atoms with Gasteiger partial charge in [-0.3, -0.25) is 14.4 Å². The molecule has 216 valence electrons. The second-order valence-electron chi connectivity index (χ2n) is 9.52. The van der Waals surface area contributed by atoms with Crippen LogP contribution in [0.5, 0.6) is 0 Å². The topological polar surface area (TPSA) is 105 Å². The number of hydrogen-bond donors (Lipinski definition) is 2. The molecular weight excluding hydrogens is 508 g/mol. The van der Waals surface area contributed by atoms with E-state index in [2.05, 4.69) is 18.5 Å². The van der Waals surface area contributed by atoms with E-state index >= 15 is 0 Å². The van der Waals surface area contributed by atoms with E-state index in [1.54, 1.807) is 17.1 Å². The van der Waals surface area contributed by atoms with Gasteiger partial charge in [0.15, 0.2) is 0 Å². The molecule has 0 aliphatic carbocycles. The number of benzene rings is 2. The molecule has 0 heterocycles. The van der Waals surface area contributed by atoms with E-state index in [9.17, 15) is 19.5 Å². The summed E-state index contributed by atoms with van der Waals surface area (Å²) in [7, 11) is 1.51. The Hall–Kier alpha value is -3.75. The zero-order chi connectivity index (χ0) is 29.2. The first-order valence-corrected chi connectivity index (χ1v) is 13.6. The third-order valence-corrected chi connectivity index (χ3v) is 6.40. The highest BCUT2D eigenvalue weighted by Gasteiger charge is 2.32. The van der Waals surface area contributed by atoms with Crippen molar-refractivity contribution in [2.75, 3.05) is 26.9 Å². The number of unbranched alkanes of at least 4 members (excludes halogenated alkanes) is 1. The van der Waals surface area contributed by atoms with Crippen LogP contribution in [0.1, 0.15) is 49.3 Å². The first kappa shape index (κ1) is 32.5. The van der Waals surface area contributed by atoms with Gasteiger partial charge in [0.2, 0.25) is 11.8 Å². The minimum Gasteiger partial charge on any atom is -0.455 e. The van der Waals surface area contributed by atoms with Crippen molar-refractivity contribution in [3.63, 3.8) is 0 Å². The van der Waals surface area contributed by atoms with Gasteiger partial charge in [0.05, 0.1) is 25.2 Å². The minimum atomic E-state index is -0.787. The Morgan fingerprint density at radius 2 is 1.70 bits per heavy atom. The van der Waals surface area contributed by atoms with Crippen molar-refractivity contribution >= 4 is 17.8 Å². The molecule has 3 atom stereocenters. The van der Waals surface area contributed by atoms with Gasteiger partial charge in [-0.1, -0.05) is 72.8 Å². The molecule has 0 unspecified atom stereocenters. The minimum absolute atomic E-state index is 0.0677. The molecule has 2 rings (SSSR count). The third kappa shape index (κ3) is 11.2. The zero-order valence-electron chi connectivity index (χ0n) is 23.4. The van der Waals surface area contributed by atoms with Gasteiger partial charge in [0.25, 0.3) is 0 Å². The Morgan fingerprint density at radius 3 is 2.30 bits per heavy atom. The van der Waals surface area contributed by atoms with E-state index in [-0.39, 0.29) is 56.8 Å². The first-order valence-electron chi connectivity index (χ1n) is 13.6. The van der Waals surface area contributed by atoms with Gasteiger partial charge in [0, 0.05) is 33.0 Å². The first-order chi connectivity index (χ1) is 19.4. The fourth-order valence-electron chi connectivity index (χ4n) is 4.34. The van der Waals surface area contributed by atoms with Crippen molar-refractivity contribution < 1.29 is 29.0 Å². The summed E-state index contributed by atoms with van der Waals surface area (Å²) in [5.74, 6) is -1.72. The average Bonchev–Trinajstić information content (AvgIpc) is 2.96. The van der Waals surface area contributed by atoms with Crippen molar-refractivity contribution in [3.8, 4) is 0 Å². The number of carbonyl (C=O) groups is 3. The molecule has 2 aromatic carbocycles. The number of nitrogens with zero attached hydrogens (tertiary/aromatic N) is 1. The molecule has 2 aromatic rings. The fourth-order valence-corrected chi connectivity index (χ4v) is 4.34. The number of aliphatic hydroxyl groups is 1. The van der Waals surface area contributed by atoms with Crippen molar-refractivity contribution in [2.24, 2.45) is 5.92 Å². The third-order valence-electron chi connectivity index (χ3n) is 6.40. The van der Waals surface area contributed by atoms with E-state index in [1.165, 1.54) is 7.11 Å². The molecule has 0 spiro atoms. The summed E-state index contributed by atoms with van der Waals surface area (Å²) in [5, 5.41) is 12.5. The average molecular weight is 551 g/mol. The van der Waals surface area contributed by atoms with Gasteiger partial charge < -0.3 is 24.8 Å². The van der Waals surface area contributed by atoms with Gasteiger partial charge in [0.1, 0.15) is 6.10 Å². The number of methoxy groups -OCH3 is 1. The zero-order valence-corrected chi connectivity index (χ0v) is 23.4. The number of allylic oxidation sites excluding steroid dienone is 2. The molecule has 2 N–H and O–H groups in total. The number of ether oxygens (including phenoxy) is 2. The Labute approximate surface area is 237 Å². The van der Waals surface area contributed by atoms with Crippen molar-refractivity contribution in [1.29, 1.82) is 0 Å². The number of amides is 2. The largest absolute Gasteiger partial charge is 0.455 e. The van der Waals surface area contributed by atoms with Crippen LogP contribution in [0.15, 0.2) is 86.0 Å². The summed E-state index contributed by atoms with van der Waals surface area (Å²) < 4.78 is 11.3. The van der Waals surface area contributed by atoms with Crippen LogP contribution in [0.4, 0.5) is 0 Å². The van der Waals surface area contributed by atoms with Crippen LogP contribution in [0.3, 0.4) is 0 Å². The van der Waals surface area contributed by atoms with Crippen molar-refractivity contribution in [3.05, 3.63) is 97.1 Å². The quantitative estimate of drug-likeness (QED) is 0.153.